The van der Waals surface area contributed by atoms with Gasteiger partial charge in [0.25, 0.3) is 0 Å². The quantitative estimate of drug-likeness (QED) is 0.856. The largest absolute Gasteiger partial charge is 0.481 e. The fraction of sp³-hybridized carbons (Fsp3) is 0.417. The minimum absolute atomic E-state index is 0.0675. The Bertz CT molecular complexity index is 394. The fourth-order valence-corrected chi connectivity index (χ4v) is 1.90. The second-order valence-electron chi connectivity index (χ2n) is 4.22. The van der Waals surface area contributed by atoms with Crippen LogP contribution in [0.2, 0.25) is 0 Å². The van der Waals surface area contributed by atoms with Crippen molar-refractivity contribution in [2.24, 2.45) is 0 Å². The second-order valence-corrected chi connectivity index (χ2v) is 4.22. The zero-order valence-electron chi connectivity index (χ0n) is 8.62. The number of hydrogen-bond acceptors (Lipinski definition) is 1. The van der Waals surface area contributed by atoms with E-state index in [1.165, 1.54) is 0 Å². The van der Waals surface area contributed by atoms with E-state index in [1.807, 2.05) is 0 Å². The zero-order chi connectivity index (χ0) is 11.8. The Kier molecular flexibility index (Phi) is 2.66. The number of halogens is 2. The van der Waals surface area contributed by atoms with Gasteiger partial charge in [-0.1, -0.05) is 24.3 Å². The number of aliphatic carboxylic acids is 1. The van der Waals surface area contributed by atoms with E-state index in [-0.39, 0.29) is 6.42 Å². The van der Waals surface area contributed by atoms with Crippen LogP contribution in [0.4, 0.5) is 8.78 Å². The molecule has 1 N–H and O–H groups in total. The highest BCUT2D eigenvalue weighted by Crippen LogP contribution is 2.52. The van der Waals surface area contributed by atoms with Gasteiger partial charge in [-0.25, -0.2) is 8.78 Å². The summed E-state index contributed by atoms with van der Waals surface area (Å²) in [6.07, 6.45) is -1.37. The van der Waals surface area contributed by atoms with E-state index in [4.69, 9.17) is 5.11 Å². The maximum atomic E-state index is 12.8. The van der Waals surface area contributed by atoms with Crippen molar-refractivity contribution in [3.8, 4) is 0 Å². The molecule has 1 aliphatic carbocycles. The lowest BCUT2D eigenvalue weighted by molar-refractivity contribution is -0.136. The average molecular weight is 226 g/mol. The lowest BCUT2D eigenvalue weighted by Gasteiger charge is -2.14. The van der Waals surface area contributed by atoms with Crippen molar-refractivity contribution >= 4 is 5.97 Å². The van der Waals surface area contributed by atoms with Crippen molar-refractivity contribution in [2.45, 2.75) is 31.1 Å². The van der Waals surface area contributed by atoms with Crippen LogP contribution in [0, 0.1) is 0 Å². The Hall–Kier alpha value is -1.45. The van der Waals surface area contributed by atoms with Gasteiger partial charge in [0, 0.05) is 0 Å². The van der Waals surface area contributed by atoms with Crippen molar-refractivity contribution in [1.82, 2.24) is 0 Å². The van der Waals surface area contributed by atoms with E-state index in [0.29, 0.717) is 24.0 Å². The molecule has 0 bridgehead atoms. The molecule has 0 aliphatic heterocycles. The summed E-state index contributed by atoms with van der Waals surface area (Å²) < 4.78 is 25.6. The number of hydrogen-bond donors (Lipinski definition) is 1. The Labute approximate surface area is 91.9 Å². The van der Waals surface area contributed by atoms with Gasteiger partial charge < -0.3 is 5.11 Å². The molecule has 1 aliphatic rings. The first-order valence-corrected chi connectivity index (χ1v) is 5.14. The summed E-state index contributed by atoms with van der Waals surface area (Å²) in [6, 6.07) is 6.48. The normalized spacial score (nSPS) is 17.4. The maximum Gasteiger partial charge on any atom is 0.307 e. The summed E-state index contributed by atoms with van der Waals surface area (Å²) >= 11 is 0. The number of benzene rings is 1. The van der Waals surface area contributed by atoms with E-state index in [9.17, 15) is 13.6 Å². The third-order valence-corrected chi connectivity index (χ3v) is 3.09. The topological polar surface area (TPSA) is 37.3 Å². The molecule has 1 aromatic carbocycles. The lowest BCUT2D eigenvalue weighted by atomic mass is 9.95. The monoisotopic (exact) mass is 226 g/mol. The standard InChI is InChI=1S/C12H12F2O2/c13-11(14)12(5-6-12)9-3-1-8(2-4-9)7-10(15)16/h1-4,11H,5-7H2,(H,15,16). The van der Waals surface area contributed by atoms with Gasteiger partial charge in [0.2, 0.25) is 6.43 Å². The first-order valence-electron chi connectivity index (χ1n) is 5.14. The molecule has 1 saturated carbocycles. The highest BCUT2D eigenvalue weighted by atomic mass is 19.3. The smallest absolute Gasteiger partial charge is 0.307 e. The molecule has 0 spiro atoms. The van der Waals surface area contributed by atoms with E-state index in [2.05, 4.69) is 0 Å². The molecule has 2 rings (SSSR count). The zero-order valence-corrected chi connectivity index (χ0v) is 8.62. The van der Waals surface area contributed by atoms with Crippen molar-refractivity contribution in [3.05, 3.63) is 35.4 Å². The second kappa shape index (κ2) is 3.85. The van der Waals surface area contributed by atoms with Crippen LogP contribution in [0.1, 0.15) is 24.0 Å². The van der Waals surface area contributed by atoms with Crippen LogP contribution in [0.15, 0.2) is 24.3 Å². The molecule has 0 saturated heterocycles. The Morgan fingerprint density at radius 2 is 1.88 bits per heavy atom. The summed E-state index contributed by atoms with van der Waals surface area (Å²) in [6.45, 7) is 0. The van der Waals surface area contributed by atoms with Crippen molar-refractivity contribution < 1.29 is 18.7 Å². The molecule has 0 amide bonds. The number of rotatable bonds is 4. The molecule has 16 heavy (non-hydrogen) atoms. The molecule has 1 aromatic rings. The summed E-state index contributed by atoms with van der Waals surface area (Å²) in [5.74, 6) is -0.914. The van der Waals surface area contributed by atoms with Gasteiger partial charge in [0.1, 0.15) is 0 Å². The highest BCUT2D eigenvalue weighted by Gasteiger charge is 2.52. The number of carboxylic acid groups (broad SMARTS) is 1. The van der Waals surface area contributed by atoms with Gasteiger partial charge in [0.05, 0.1) is 11.8 Å². The molecular formula is C12H12F2O2. The SMILES string of the molecule is O=C(O)Cc1ccc(C2(C(F)F)CC2)cc1. The predicted molar refractivity (Wildman–Crippen MR) is 54.7 cm³/mol. The number of alkyl halides is 2. The van der Waals surface area contributed by atoms with Crippen molar-refractivity contribution in [3.63, 3.8) is 0 Å². The molecule has 0 atom stereocenters. The molecule has 0 radical (unpaired) electrons. The van der Waals surface area contributed by atoms with E-state index >= 15 is 0 Å². The third-order valence-electron chi connectivity index (χ3n) is 3.09. The van der Waals surface area contributed by atoms with Crippen molar-refractivity contribution in [1.29, 1.82) is 0 Å². The first kappa shape index (κ1) is 11.0. The lowest BCUT2D eigenvalue weighted by Crippen LogP contribution is -2.17. The third kappa shape index (κ3) is 1.92. The minimum atomic E-state index is -2.34. The van der Waals surface area contributed by atoms with Crippen LogP contribution in [0.25, 0.3) is 0 Å². The summed E-state index contributed by atoms with van der Waals surface area (Å²) in [5.41, 5.74) is 0.305. The molecule has 86 valence electrons. The predicted octanol–water partition coefficient (Wildman–Crippen LogP) is 2.61. The molecule has 4 heteroatoms. The van der Waals surface area contributed by atoms with Crippen LogP contribution >= 0.6 is 0 Å². The van der Waals surface area contributed by atoms with Gasteiger partial charge in [-0.15, -0.1) is 0 Å². The molecule has 1 fully saturated rings. The van der Waals surface area contributed by atoms with E-state index in [1.54, 1.807) is 24.3 Å². The minimum Gasteiger partial charge on any atom is -0.481 e. The molecule has 0 unspecified atom stereocenters. The van der Waals surface area contributed by atoms with Crippen LogP contribution in [0.5, 0.6) is 0 Å². The van der Waals surface area contributed by atoms with E-state index in [0.717, 1.165) is 0 Å². The van der Waals surface area contributed by atoms with Crippen LogP contribution < -0.4 is 0 Å². The molecule has 2 nitrogen and oxygen atoms in total. The number of carbonyl (C=O) groups is 1. The van der Waals surface area contributed by atoms with Gasteiger partial charge in [0.15, 0.2) is 0 Å². The first-order chi connectivity index (χ1) is 7.54. The summed E-state index contributed by atoms with van der Waals surface area (Å²) in [5, 5.41) is 8.58. The average Bonchev–Trinajstić information content (AvgIpc) is 2.98. The van der Waals surface area contributed by atoms with Gasteiger partial charge in [-0.3, -0.25) is 4.79 Å². The molecular weight excluding hydrogens is 214 g/mol. The molecule has 0 aromatic heterocycles. The van der Waals surface area contributed by atoms with E-state index < -0.39 is 17.8 Å². The van der Waals surface area contributed by atoms with Crippen LogP contribution in [-0.2, 0) is 16.6 Å². The summed E-state index contributed by atoms with van der Waals surface area (Å²) in [4.78, 5) is 10.5. The highest BCUT2D eigenvalue weighted by molar-refractivity contribution is 5.70. The van der Waals surface area contributed by atoms with Crippen molar-refractivity contribution in [2.75, 3.05) is 0 Å². The van der Waals surface area contributed by atoms with Crippen LogP contribution in [-0.4, -0.2) is 17.5 Å². The fourth-order valence-electron chi connectivity index (χ4n) is 1.90. The van der Waals surface area contributed by atoms with Gasteiger partial charge >= 0.3 is 5.97 Å². The molecule has 0 heterocycles. The van der Waals surface area contributed by atoms with Crippen LogP contribution in [0.3, 0.4) is 0 Å². The summed E-state index contributed by atoms with van der Waals surface area (Å²) in [7, 11) is 0. The Morgan fingerprint density at radius 3 is 2.25 bits per heavy atom. The number of carboxylic acids is 1. The van der Waals surface area contributed by atoms with Gasteiger partial charge in [-0.2, -0.15) is 0 Å². The van der Waals surface area contributed by atoms with Gasteiger partial charge in [-0.05, 0) is 24.0 Å². The maximum absolute atomic E-state index is 12.8. The Balaban J connectivity index is 2.17. The Morgan fingerprint density at radius 1 is 1.31 bits per heavy atom.